The summed E-state index contributed by atoms with van der Waals surface area (Å²) in [6.07, 6.45) is 0.673. The maximum Gasteiger partial charge on any atom is 0.247 e. The average molecular weight is 265 g/mol. The van der Waals surface area contributed by atoms with Crippen molar-refractivity contribution < 1.29 is 4.79 Å². The van der Waals surface area contributed by atoms with Crippen LogP contribution in [0, 0.1) is 0 Å². The number of nitrogen functional groups attached to an aromatic ring is 1. The van der Waals surface area contributed by atoms with Gasteiger partial charge in [-0.3, -0.25) is 10.2 Å². The molecule has 0 aliphatic rings. The van der Waals surface area contributed by atoms with Gasteiger partial charge in [0.25, 0.3) is 0 Å². The quantitative estimate of drug-likeness (QED) is 0.217. The number of carbonyl (C=O) groups is 1. The van der Waals surface area contributed by atoms with Crippen LogP contribution < -0.4 is 17.0 Å². The summed E-state index contributed by atoms with van der Waals surface area (Å²) in [5.74, 6) is 4.93. The molecule has 1 amide bonds. The Bertz CT molecular complexity index is 568. The molecule has 0 bridgehead atoms. The van der Waals surface area contributed by atoms with Gasteiger partial charge in [-0.1, -0.05) is 18.7 Å². The predicted octanol–water partition coefficient (Wildman–Crippen LogP) is 1.01. The van der Waals surface area contributed by atoms with Crippen LogP contribution in [0.25, 0.3) is 11.0 Å². The zero-order chi connectivity index (χ0) is 13.1. The molecular weight excluding hydrogens is 250 g/mol. The number of aromatic nitrogens is 2. The molecule has 1 aromatic carbocycles. The van der Waals surface area contributed by atoms with Gasteiger partial charge in [0.05, 0.1) is 16.3 Å². The molecule has 0 radical (unpaired) electrons. The predicted molar refractivity (Wildman–Crippen MR) is 72.8 cm³/mol. The molecule has 6 N–H and O–H groups in total. The van der Waals surface area contributed by atoms with Crippen LogP contribution in [-0.4, -0.2) is 21.1 Å². The summed E-state index contributed by atoms with van der Waals surface area (Å²) in [6, 6.07) is 5.45. The van der Waals surface area contributed by atoms with E-state index in [-0.39, 0.29) is 11.2 Å². The van der Waals surface area contributed by atoms with E-state index >= 15 is 0 Å². The summed E-state index contributed by atoms with van der Waals surface area (Å²) in [5, 5.41) is 0.430. The Balaban J connectivity index is 2.23. The van der Waals surface area contributed by atoms with E-state index in [9.17, 15) is 4.79 Å². The minimum atomic E-state index is -0.257. The Labute approximate surface area is 108 Å². The van der Waals surface area contributed by atoms with Crippen molar-refractivity contribution in [2.75, 3.05) is 5.73 Å². The fourth-order valence-corrected chi connectivity index (χ4v) is 2.54. The number of nitrogens with zero attached hydrogens (tertiary/aromatic N) is 1. The normalized spacial score (nSPS) is 12.6. The van der Waals surface area contributed by atoms with Crippen molar-refractivity contribution in [2.45, 2.75) is 23.8 Å². The summed E-state index contributed by atoms with van der Waals surface area (Å²) in [6.45, 7) is 1.92. The van der Waals surface area contributed by atoms with Crippen LogP contribution in [0.15, 0.2) is 23.4 Å². The third kappa shape index (κ3) is 2.57. The van der Waals surface area contributed by atoms with E-state index in [2.05, 4.69) is 15.4 Å². The third-order valence-electron chi connectivity index (χ3n) is 2.54. The number of nitrogens with one attached hydrogen (secondary N) is 2. The van der Waals surface area contributed by atoms with Crippen molar-refractivity contribution in [1.82, 2.24) is 15.4 Å². The molecule has 6 nitrogen and oxygen atoms in total. The molecule has 1 heterocycles. The number of hydrogen-bond acceptors (Lipinski definition) is 5. The molecule has 0 spiro atoms. The number of fused-ring (bicyclic) bond motifs is 1. The van der Waals surface area contributed by atoms with E-state index in [1.807, 2.05) is 19.1 Å². The number of thioether (sulfide) groups is 1. The van der Waals surface area contributed by atoms with Crippen molar-refractivity contribution in [3.05, 3.63) is 18.2 Å². The summed E-state index contributed by atoms with van der Waals surface area (Å²) >= 11 is 1.35. The number of imidazole rings is 1. The average Bonchev–Trinajstić information content (AvgIpc) is 2.76. The summed E-state index contributed by atoms with van der Waals surface area (Å²) in [4.78, 5) is 19.0. The number of hydrazine groups is 1. The number of rotatable bonds is 4. The first-order valence-electron chi connectivity index (χ1n) is 5.56. The molecule has 0 fully saturated rings. The van der Waals surface area contributed by atoms with Gasteiger partial charge < -0.3 is 10.7 Å². The first kappa shape index (κ1) is 12.7. The van der Waals surface area contributed by atoms with Crippen molar-refractivity contribution in [3.8, 4) is 0 Å². The van der Waals surface area contributed by atoms with Crippen LogP contribution in [0.2, 0.25) is 0 Å². The number of amides is 1. The maximum absolute atomic E-state index is 11.5. The lowest BCUT2D eigenvalue weighted by Gasteiger charge is -2.09. The Kier molecular flexibility index (Phi) is 3.73. The van der Waals surface area contributed by atoms with Gasteiger partial charge in [-0.25, -0.2) is 10.8 Å². The Morgan fingerprint density at radius 3 is 3.06 bits per heavy atom. The Hall–Kier alpha value is -1.73. The van der Waals surface area contributed by atoms with Crippen LogP contribution in [0.3, 0.4) is 0 Å². The second kappa shape index (κ2) is 5.28. The lowest BCUT2D eigenvalue weighted by Crippen LogP contribution is -2.37. The molecule has 1 aromatic heterocycles. The topological polar surface area (TPSA) is 110 Å². The van der Waals surface area contributed by atoms with Crippen molar-refractivity contribution in [3.63, 3.8) is 0 Å². The second-order valence-corrected chi connectivity index (χ2v) is 5.03. The first-order valence-corrected chi connectivity index (χ1v) is 6.44. The van der Waals surface area contributed by atoms with Crippen LogP contribution in [-0.2, 0) is 4.79 Å². The number of nitrogens with two attached hydrogens (primary N) is 2. The van der Waals surface area contributed by atoms with Gasteiger partial charge in [0, 0.05) is 5.69 Å². The van der Waals surface area contributed by atoms with E-state index in [1.165, 1.54) is 11.8 Å². The van der Waals surface area contributed by atoms with Crippen LogP contribution >= 0.6 is 11.8 Å². The van der Waals surface area contributed by atoms with Gasteiger partial charge in [-0.05, 0) is 24.6 Å². The van der Waals surface area contributed by atoms with Gasteiger partial charge >= 0.3 is 0 Å². The highest BCUT2D eigenvalue weighted by Crippen LogP contribution is 2.26. The highest BCUT2D eigenvalue weighted by molar-refractivity contribution is 8.00. The lowest BCUT2D eigenvalue weighted by atomic mass is 10.3. The SMILES string of the molecule is CCC(Sc1nc2ccc(N)cc2[nH]1)C(=O)NN. The van der Waals surface area contributed by atoms with Crippen molar-refractivity contribution in [2.24, 2.45) is 5.84 Å². The van der Waals surface area contributed by atoms with Gasteiger partial charge in [-0.15, -0.1) is 0 Å². The summed E-state index contributed by atoms with van der Waals surface area (Å²) < 4.78 is 0. The monoisotopic (exact) mass is 265 g/mol. The molecule has 2 aromatic rings. The molecule has 1 atom stereocenters. The summed E-state index contributed by atoms with van der Waals surface area (Å²) in [5.41, 5.74) is 10.2. The van der Waals surface area contributed by atoms with E-state index in [4.69, 9.17) is 11.6 Å². The second-order valence-electron chi connectivity index (χ2n) is 3.84. The molecule has 0 saturated carbocycles. The molecule has 96 valence electrons. The van der Waals surface area contributed by atoms with Gasteiger partial charge in [-0.2, -0.15) is 0 Å². The van der Waals surface area contributed by atoms with E-state index < -0.39 is 0 Å². The van der Waals surface area contributed by atoms with Gasteiger partial charge in [0.15, 0.2) is 5.16 Å². The van der Waals surface area contributed by atoms with Crippen LogP contribution in [0.5, 0.6) is 0 Å². The molecule has 7 heteroatoms. The molecule has 0 aliphatic heterocycles. The number of carbonyl (C=O) groups excluding carboxylic acids is 1. The maximum atomic E-state index is 11.5. The minimum Gasteiger partial charge on any atom is -0.399 e. The Morgan fingerprint density at radius 1 is 1.61 bits per heavy atom. The van der Waals surface area contributed by atoms with Crippen molar-refractivity contribution >= 4 is 34.4 Å². The lowest BCUT2D eigenvalue weighted by molar-refractivity contribution is -0.120. The minimum absolute atomic E-state index is 0.206. The highest BCUT2D eigenvalue weighted by Gasteiger charge is 2.18. The number of aromatic amines is 1. The summed E-state index contributed by atoms with van der Waals surface area (Å²) in [7, 11) is 0. The largest absolute Gasteiger partial charge is 0.399 e. The first-order chi connectivity index (χ1) is 8.63. The number of benzene rings is 1. The molecule has 18 heavy (non-hydrogen) atoms. The van der Waals surface area contributed by atoms with E-state index in [0.29, 0.717) is 17.3 Å². The van der Waals surface area contributed by atoms with E-state index in [1.54, 1.807) is 6.07 Å². The van der Waals surface area contributed by atoms with E-state index in [0.717, 1.165) is 11.0 Å². The molecule has 2 rings (SSSR count). The zero-order valence-corrected chi connectivity index (χ0v) is 10.8. The molecule has 0 aliphatic carbocycles. The highest BCUT2D eigenvalue weighted by atomic mass is 32.2. The molecule has 0 saturated heterocycles. The number of H-pyrrole nitrogens is 1. The standard InChI is InChI=1S/C11H15N5OS/c1-2-9(10(17)16-13)18-11-14-7-4-3-6(12)5-8(7)15-11/h3-5,9H,2,12-13H2,1H3,(H,14,15)(H,16,17). The molecule has 1 unspecified atom stereocenters. The van der Waals surface area contributed by atoms with Crippen LogP contribution in [0.1, 0.15) is 13.3 Å². The smallest absolute Gasteiger partial charge is 0.247 e. The number of anilines is 1. The number of hydrogen-bond donors (Lipinski definition) is 4. The zero-order valence-electron chi connectivity index (χ0n) is 9.93. The van der Waals surface area contributed by atoms with Gasteiger partial charge in [0.2, 0.25) is 5.91 Å². The van der Waals surface area contributed by atoms with Crippen LogP contribution in [0.4, 0.5) is 5.69 Å². The fraction of sp³-hybridized carbons (Fsp3) is 0.273. The molecular formula is C11H15N5OS. The van der Waals surface area contributed by atoms with Gasteiger partial charge in [0.1, 0.15) is 0 Å². The fourth-order valence-electron chi connectivity index (χ4n) is 1.61. The third-order valence-corrected chi connectivity index (χ3v) is 3.79. The van der Waals surface area contributed by atoms with Crippen molar-refractivity contribution in [1.29, 1.82) is 0 Å². The Morgan fingerprint density at radius 2 is 2.39 bits per heavy atom.